The summed E-state index contributed by atoms with van der Waals surface area (Å²) in [6, 6.07) is 76.5. The van der Waals surface area contributed by atoms with Crippen LogP contribution in [0.4, 0.5) is 0 Å². The highest BCUT2D eigenvalue weighted by atomic mass is 14.3. The van der Waals surface area contributed by atoms with Crippen LogP contribution in [0.25, 0.3) is 120 Å². The Kier molecular flexibility index (Phi) is 6.73. The van der Waals surface area contributed by atoms with Crippen LogP contribution in [0.1, 0.15) is 0 Å². The molecule has 12 rings (SSSR count). The van der Waals surface area contributed by atoms with E-state index in [1.807, 2.05) is 0 Å². The summed E-state index contributed by atoms with van der Waals surface area (Å²) in [4.78, 5) is 0. The summed E-state index contributed by atoms with van der Waals surface area (Å²) in [5.74, 6) is 0. The maximum atomic E-state index is 2.44. The van der Waals surface area contributed by atoms with Gasteiger partial charge in [-0.2, -0.15) is 0 Å². The number of fused-ring (bicyclic) bond motifs is 7. The van der Waals surface area contributed by atoms with Crippen molar-refractivity contribution >= 4 is 75.4 Å². The first kappa shape index (κ1) is 31.1. The maximum absolute atomic E-state index is 2.44. The minimum atomic E-state index is 1.23. The number of hydrogen-bond acceptors (Lipinski definition) is 0. The van der Waals surface area contributed by atoms with E-state index in [1.165, 1.54) is 120 Å². The van der Waals surface area contributed by atoms with Gasteiger partial charge >= 0.3 is 0 Å². The van der Waals surface area contributed by atoms with Crippen molar-refractivity contribution < 1.29 is 0 Å². The summed E-state index contributed by atoms with van der Waals surface area (Å²) in [5, 5.41) is 18.2. The van der Waals surface area contributed by atoms with Gasteiger partial charge in [0.2, 0.25) is 0 Å². The predicted molar refractivity (Wildman–Crippen MR) is 242 cm³/mol. The van der Waals surface area contributed by atoms with Crippen molar-refractivity contribution in [1.29, 1.82) is 0 Å². The van der Waals surface area contributed by atoms with Crippen LogP contribution in [-0.4, -0.2) is 0 Å². The molecule has 0 aromatic heterocycles. The quantitative estimate of drug-likeness (QED) is 0.126. The third-order valence-corrected chi connectivity index (χ3v) is 12.2. The van der Waals surface area contributed by atoms with Gasteiger partial charge in [0.05, 0.1) is 0 Å². The second-order valence-electron chi connectivity index (χ2n) is 15.1. The molecule has 0 fully saturated rings. The molecule has 0 N–H and O–H groups in total. The molecule has 0 saturated heterocycles. The highest BCUT2D eigenvalue weighted by molar-refractivity contribution is 6.44. The van der Waals surface area contributed by atoms with Crippen molar-refractivity contribution in [2.45, 2.75) is 0 Å². The Morgan fingerprint density at radius 2 is 0.696 bits per heavy atom. The first-order valence-corrected chi connectivity index (χ1v) is 19.5. The monoisotopic (exact) mass is 706 g/mol. The van der Waals surface area contributed by atoms with Gasteiger partial charge in [-0.25, -0.2) is 0 Å². The predicted octanol–water partition coefficient (Wildman–Crippen LogP) is 15.9. The SMILES string of the molecule is c1ccc(-c2ccccc2-c2ccc3c4c2cc2ccccc2c4c2cccc4c(-c5ccc6c(-c7ccccc7)cccc6c5)c5ccccc5c3c42)cc1. The minimum Gasteiger partial charge on any atom is -0.0622 e. The largest absolute Gasteiger partial charge is 0.0622 e. The van der Waals surface area contributed by atoms with Crippen molar-refractivity contribution in [2.75, 3.05) is 0 Å². The third kappa shape index (κ3) is 4.48. The Hall–Kier alpha value is -7.28. The first-order valence-electron chi connectivity index (χ1n) is 19.5. The Morgan fingerprint density at radius 1 is 0.196 bits per heavy atom. The molecule has 0 unspecified atom stereocenters. The Bertz CT molecular complexity index is 3500. The van der Waals surface area contributed by atoms with E-state index in [0.717, 1.165) is 0 Å². The van der Waals surface area contributed by atoms with Crippen LogP contribution in [-0.2, 0) is 0 Å². The maximum Gasteiger partial charge on any atom is -0.00134 e. The van der Waals surface area contributed by atoms with E-state index in [2.05, 4.69) is 206 Å². The Labute approximate surface area is 324 Å². The molecule has 56 heavy (non-hydrogen) atoms. The highest BCUT2D eigenvalue weighted by Crippen LogP contribution is 2.51. The lowest BCUT2D eigenvalue weighted by Gasteiger charge is -2.22. The summed E-state index contributed by atoms with van der Waals surface area (Å²) in [5.41, 5.74) is 10.0. The molecule has 258 valence electrons. The van der Waals surface area contributed by atoms with E-state index in [9.17, 15) is 0 Å². The molecule has 12 aromatic rings. The zero-order chi connectivity index (χ0) is 36.7. The molecular formula is C56H34. The van der Waals surface area contributed by atoms with Gasteiger partial charge < -0.3 is 0 Å². The normalized spacial score (nSPS) is 11.9. The van der Waals surface area contributed by atoms with E-state index in [1.54, 1.807) is 0 Å². The molecule has 0 radical (unpaired) electrons. The van der Waals surface area contributed by atoms with E-state index in [-0.39, 0.29) is 0 Å². The molecule has 0 nitrogen and oxygen atoms in total. The Balaban J connectivity index is 1.22. The van der Waals surface area contributed by atoms with Gasteiger partial charge in [0, 0.05) is 0 Å². The fraction of sp³-hybridized carbons (Fsp3) is 0. The summed E-state index contributed by atoms with van der Waals surface area (Å²) in [6.07, 6.45) is 0. The van der Waals surface area contributed by atoms with E-state index in [4.69, 9.17) is 0 Å². The molecule has 0 aliphatic rings. The summed E-state index contributed by atoms with van der Waals surface area (Å²) in [6.45, 7) is 0. The van der Waals surface area contributed by atoms with Gasteiger partial charge in [0.15, 0.2) is 0 Å². The molecule has 0 bridgehead atoms. The smallest absolute Gasteiger partial charge is 0.00134 e. The van der Waals surface area contributed by atoms with Crippen LogP contribution in [0.3, 0.4) is 0 Å². The fourth-order valence-electron chi connectivity index (χ4n) is 9.83. The molecule has 12 aromatic carbocycles. The van der Waals surface area contributed by atoms with Crippen molar-refractivity contribution in [3.8, 4) is 44.5 Å². The second-order valence-corrected chi connectivity index (χ2v) is 15.1. The van der Waals surface area contributed by atoms with Crippen LogP contribution in [0, 0.1) is 0 Å². The van der Waals surface area contributed by atoms with Gasteiger partial charge in [-0.3, -0.25) is 0 Å². The number of rotatable bonds is 4. The molecule has 0 saturated carbocycles. The average molecular weight is 707 g/mol. The third-order valence-electron chi connectivity index (χ3n) is 12.2. The van der Waals surface area contributed by atoms with Crippen molar-refractivity contribution in [2.24, 2.45) is 0 Å². The topological polar surface area (TPSA) is 0 Å². The van der Waals surface area contributed by atoms with Crippen LogP contribution in [0.5, 0.6) is 0 Å². The zero-order valence-electron chi connectivity index (χ0n) is 30.6. The fourth-order valence-corrected chi connectivity index (χ4v) is 9.83. The summed E-state index contributed by atoms with van der Waals surface area (Å²) < 4.78 is 0. The lowest BCUT2D eigenvalue weighted by molar-refractivity contribution is 1.60. The molecule has 0 amide bonds. The van der Waals surface area contributed by atoms with Gasteiger partial charge in [-0.15, -0.1) is 0 Å². The van der Waals surface area contributed by atoms with Gasteiger partial charge in [-0.05, 0) is 132 Å². The van der Waals surface area contributed by atoms with Crippen LogP contribution < -0.4 is 0 Å². The van der Waals surface area contributed by atoms with Crippen molar-refractivity contribution in [3.63, 3.8) is 0 Å². The van der Waals surface area contributed by atoms with Gasteiger partial charge in [0.25, 0.3) is 0 Å². The molecule has 0 heterocycles. The number of hydrogen-bond donors (Lipinski definition) is 0. The van der Waals surface area contributed by atoms with Crippen molar-refractivity contribution in [3.05, 3.63) is 206 Å². The van der Waals surface area contributed by atoms with Crippen LogP contribution in [0.2, 0.25) is 0 Å². The minimum absolute atomic E-state index is 1.23. The molecule has 0 spiro atoms. The van der Waals surface area contributed by atoms with E-state index in [0.29, 0.717) is 0 Å². The summed E-state index contributed by atoms with van der Waals surface area (Å²) >= 11 is 0. The van der Waals surface area contributed by atoms with Crippen LogP contribution in [0.15, 0.2) is 206 Å². The molecule has 0 atom stereocenters. The Morgan fingerprint density at radius 3 is 1.52 bits per heavy atom. The molecular weight excluding hydrogens is 673 g/mol. The van der Waals surface area contributed by atoms with Gasteiger partial charge in [0.1, 0.15) is 0 Å². The van der Waals surface area contributed by atoms with E-state index >= 15 is 0 Å². The van der Waals surface area contributed by atoms with Crippen LogP contribution >= 0.6 is 0 Å². The van der Waals surface area contributed by atoms with Crippen molar-refractivity contribution in [1.82, 2.24) is 0 Å². The lowest BCUT2D eigenvalue weighted by Crippen LogP contribution is -1.94. The van der Waals surface area contributed by atoms with E-state index < -0.39 is 0 Å². The highest BCUT2D eigenvalue weighted by Gasteiger charge is 2.23. The second kappa shape index (κ2) is 12.1. The molecule has 0 heteroatoms. The molecule has 0 aliphatic heterocycles. The van der Waals surface area contributed by atoms with Gasteiger partial charge in [-0.1, -0.05) is 194 Å². The number of benzene rings is 12. The first-order chi connectivity index (χ1) is 27.8. The molecule has 0 aliphatic carbocycles. The summed E-state index contributed by atoms with van der Waals surface area (Å²) in [7, 11) is 0. The standard InChI is InChI=1S/C56H34/c1-3-15-35(16-4-1)40-26-13-20-37-33-39(29-30-42(37)40)52-46-24-11-12-25-47(46)54-50-32-31-45(44-23-10-9-21-41(44)36-17-5-2-6-18-36)51-34-38-19-7-8-22-43(38)53(56(50)51)49-28-14-27-48(52)55(49)54/h1-34H. The zero-order valence-corrected chi connectivity index (χ0v) is 30.6. The average Bonchev–Trinajstić information content (AvgIpc) is 3.27. The lowest BCUT2D eigenvalue weighted by atomic mass is 9.80.